The van der Waals surface area contributed by atoms with Crippen molar-refractivity contribution in [3.05, 3.63) is 22.3 Å². The Morgan fingerprint density at radius 2 is 2.00 bits per heavy atom. The number of thiazole rings is 1. The Morgan fingerprint density at radius 1 is 1.25 bits per heavy atom. The van der Waals surface area contributed by atoms with Gasteiger partial charge in [0.25, 0.3) is 5.19 Å². The second kappa shape index (κ2) is 11.4. The normalized spacial score (nSPS) is 23.2. The molecule has 0 bridgehead atoms. The highest BCUT2D eigenvalue weighted by Crippen LogP contribution is 2.36. The van der Waals surface area contributed by atoms with E-state index in [4.69, 9.17) is 9.26 Å². The third kappa shape index (κ3) is 7.86. The fourth-order valence-corrected chi connectivity index (χ4v) is 5.62. The van der Waals surface area contributed by atoms with E-state index in [0.717, 1.165) is 30.1 Å². The van der Waals surface area contributed by atoms with Gasteiger partial charge in [-0.25, -0.2) is 9.37 Å². The van der Waals surface area contributed by atoms with Crippen LogP contribution in [0.5, 0.6) is 5.19 Å². The van der Waals surface area contributed by atoms with Crippen LogP contribution in [0.4, 0.5) is 17.6 Å². The molecular weight excluding hydrogens is 502 g/mol. The third-order valence-corrected chi connectivity index (χ3v) is 7.77. The maximum absolute atomic E-state index is 15.5. The molecule has 1 aliphatic carbocycles. The highest BCUT2D eigenvalue weighted by atomic mass is 32.1. The van der Waals surface area contributed by atoms with Gasteiger partial charge in [-0.3, -0.25) is 4.79 Å². The molecule has 1 saturated carbocycles. The lowest BCUT2D eigenvalue weighted by Crippen LogP contribution is -2.43. The Bertz CT molecular complexity index is 994. The Labute approximate surface area is 210 Å². The van der Waals surface area contributed by atoms with Gasteiger partial charge in [-0.15, -0.1) is 0 Å². The van der Waals surface area contributed by atoms with Gasteiger partial charge >= 0.3 is 6.18 Å². The number of hydrogen-bond donors (Lipinski definition) is 1. The minimum Gasteiger partial charge on any atom is -0.470 e. The fraction of sp³-hybridized carbons (Fsp3) is 0.739. The van der Waals surface area contributed by atoms with Crippen molar-refractivity contribution in [1.82, 2.24) is 25.3 Å². The van der Waals surface area contributed by atoms with Gasteiger partial charge in [0, 0.05) is 43.9 Å². The van der Waals surface area contributed by atoms with E-state index in [2.05, 4.69) is 25.3 Å². The lowest BCUT2D eigenvalue weighted by Gasteiger charge is -2.35. The summed E-state index contributed by atoms with van der Waals surface area (Å²) in [5.41, 5.74) is -0.382. The van der Waals surface area contributed by atoms with Gasteiger partial charge in [0.15, 0.2) is 5.82 Å². The number of aromatic nitrogens is 3. The molecule has 200 valence electrons. The van der Waals surface area contributed by atoms with E-state index in [-0.39, 0.29) is 23.6 Å². The van der Waals surface area contributed by atoms with Crippen molar-refractivity contribution in [1.29, 1.82) is 0 Å². The second-order valence-corrected chi connectivity index (χ2v) is 10.6. The number of nitrogens with zero attached hydrogens (tertiary/aromatic N) is 4. The molecule has 0 radical (unpaired) electrons. The summed E-state index contributed by atoms with van der Waals surface area (Å²) in [5, 5.41) is 6.96. The van der Waals surface area contributed by atoms with Crippen molar-refractivity contribution < 1.29 is 31.6 Å². The molecule has 3 heterocycles. The summed E-state index contributed by atoms with van der Waals surface area (Å²) in [6, 6.07) is -0.0535. The van der Waals surface area contributed by atoms with Crippen molar-refractivity contribution in [3.63, 3.8) is 0 Å². The van der Waals surface area contributed by atoms with Crippen molar-refractivity contribution in [2.45, 2.75) is 82.6 Å². The topological polar surface area (TPSA) is 93.4 Å². The van der Waals surface area contributed by atoms with E-state index in [0.29, 0.717) is 56.8 Å². The lowest BCUT2D eigenvalue weighted by molar-refractivity contribution is -0.139. The summed E-state index contributed by atoms with van der Waals surface area (Å²) >= 11 is 1.30. The van der Waals surface area contributed by atoms with Crippen LogP contribution >= 0.6 is 11.3 Å². The van der Waals surface area contributed by atoms with Crippen LogP contribution in [0.25, 0.3) is 0 Å². The molecule has 2 aromatic rings. The first-order valence-electron chi connectivity index (χ1n) is 12.2. The maximum atomic E-state index is 15.5. The molecule has 0 saturated heterocycles. The summed E-state index contributed by atoms with van der Waals surface area (Å²) in [4.78, 5) is 23.9. The Morgan fingerprint density at radius 3 is 2.69 bits per heavy atom. The van der Waals surface area contributed by atoms with Gasteiger partial charge in [-0.2, -0.15) is 18.2 Å². The van der Waals surface area contributed by atoms with E-state index in [1.807, 2.05) is 0 Å². The van der Waals surface area contributed by atoms with E-state index >= 15 is 4.39 Å². The molecule has 36 heavy (non-hydrogen) atoms. The number of carbonyl (C=O) groups is 1. The van der Waals surface area contributed by atoms with Crippen molar-refractivity contribution in [2.24, 2.45) is 0 Å². The van der Waals surface area contributed by atoms with Crippen LogP contribution in [0.15, 0.2) is 4.52 Å². The molecule has 0 atom stereocenters. The minimum absolute atomic E-state index is 0.0467. The maximum Gasteiger partial charge on any atom is 0.392 e. The van der Waals surface area contributed by atoms with Gasteiger partial charge in [-0.1, -0.05) is 16.5 Å². The lowest BCUT2D eigenvalue weighted by atomic mass is 9.81. The van der Waals surface area contributed by atoms with Crippen molar-refractivity contribution >= 4 is 17.2 Å². The number of alkyl halides is 4. The quantitative estimate of drug-likeness (QED) is 0.488. The summed E-state index contributed by atoms with van der Waals surface area (Å²) < 4.78 is 62.5. The first-order chi connectivity index (χ1) is 17.1. The summed E-state index contributed by atoms with van der Waals surface area (Å²) in [6.07, 6.45) is -1.38. The first kappa shape index (κ1) is 26.8. The SMILES string of the molecule is Cc1nc(CC(=O)NC2CCC(F)(CCN3CCc4nc(OCCC(F)(F)F)sc4CC3)CC2)no1. The smallest absolute Gasteiger partial charge is 0.392 e. The number of halogens is 4. The molecule has 8 nitrogen and oxygen atoms in total. The summed E-state index contributed by atoms with van der Waals surface area (Å²) in [5.74, 6) is 0.562. The van der Waals surface area contributed by atoms with Crippen LogP contribution in [0.3, 0.4) is 0 Å². The molecule has 1 aliphatic heterocycles. The Hall–Kier alpha value is -2.28. The van der Waals surface area contributed by atoms with E-state index < -0.39 is 24.9 Å². The molecule has 2 aliphatic rings. The van der Waals surface area contributed by atoms with E-state index in [9.17, 15) is 18.0 Å². The second-order valence-electron chi connectivity index (χ2n) is 9.55. The van der Waals surface area contributed by atoms with Gasteiger partial charge < -0.3 is 19.5 Å². The predicted octanol–water partition coefficient (Wildman–Crippen LogP) is 3.97. The number of ether oxygens (including phenoxy) is 1. The molecule has 4 rings (SSSR count). The molecule has 1 amide bonds. The zero-order valence-electron chi connectivity index (χ0n) is 20.2. The average Bonchev–Trinajstić information content (AvgIpc) is 3.34. The Balaban J connectivity index is 1.16. The highest BCUT2D eigenvalue weighted by molar-refractivity contribution is 7.13. The fourth-order valence-electron chi connectivity index (χ4n) is 4.65. The molecule has 13 heteroatoms. The Kier molecular flexibility index (Phi) is 8.48. The predicted molar refractivity (Wildman–Crippen MR) is 124 cm³/mol. The van der Waals surface area contributed by atoms with E-state index in [1.165, 1.54) is 11.3 Å². The highest BCUT2D eigenvalue weighted by Gasteiger charge is 2.36. The van der Waals surface area contributed by atoms with Crippen LogP contribution in [0, 0.1) is 6.92 Å². The number of nitrogens with one attached hydrogen (secondary N) is 1. The van der Waals surface area contributed by atoms with E-state index in [1.54, 1.807) is 6.92 Å². The monoisotopic (exact) mass is 533 g/mol. The first-order valence-corrected chi connectivity index (χ1v) is 13.1. The van der Waals surface area contributed by atoms with Crippen LogP contribution in [0.1, 0.15) is 60.8 Å². The molecule has 0 aromatic carbocycles. The minimum atomic E-state index is -4.24. The molecular formula is C23H31F4N5O3S. The van der Waals surface area contributed by atoms with Gasteiger partial charge in [0.2, 0.25) is 11.8 Å². The van der Waals surface area contributed by atoms with Crippen molar-refractivity contribution in [2.75, 3.05) is 26.2 Å². The van der Waals surface area contributed by atoms with Crippen LogP contribution in [0.2, 0.25) is 0 Å². The summed E-state index contributed by atoms with van der Waals surface area (Å²) in [6.45, 7) is 3.35. The number of hydrogen-bond acceptors (Lipinski definition) is 8. The molecule has 2 aromatic heterocycles. The standard InChI is InChI=1S/C23H31F4N5O3S/c1-15-28-19(31-35-15)14-20(33)29-16-2-6-22(24,7-3-16)8-12-32-10-4-17-18(5-11-32)36-21(30-17)34-13-9-23(25,26)27/h16H,2-14H2,1H3,(H,29,33). The van der Waals surface area contributed by atoms with Crippen LogP contribution in [-0.4, -0.2) is 70.1 Å². The largest absolute Gasteiger partial charge is 0.470 e. The molecule has 0 unspecified atom stereocenters. The number of amides is 1. The van der Waals surface area contributed by atoms with Crippen molar-refractivity contribution in [3.8, 4) is 5.19 Å². The molecule has 0 spiro atoms. The average molecular weight is 534 g/mol. The van der Waals surface area contributed by atoms with Gasteiger partial charge in [0.05, 0.1) is 25.1 Å². The number of carbonyl (C=O) groups excluding carboxylic acids is 1. The van der Waals surface area contributed by atoms with Gasteiger partial charge in [-0.05, 0) is 38.5 Å². The zero-order valence-corrected chi connectivity index (χ0v) is 21.0. The summed E-state index contributed by atoms with van der Waals surface area (Å²) in [7, 11) is 0. The zero-order chi connectivity index (χ0) is 25.8. The number of fused-ring (bicyclic) bond motifs is 1. The number of aryl methyl sites for hydroxylation is 1. The van der Waals surface area contributed by atoms with Gasteiger partial charge in [0.1, 0.15) is 5.67 Å². The number of rotatable bonds is 9. The molecule has 1 fully saturated rings. The third-order valence-electron chi connectivity index (χ3n) is 6.70. The van der Waals surface area contributed by atoms with Crippen LogP contribution in [-0.2, 0) is 24.1 Å². The molecule has 1 N–H and O–H groups in total. The van der Waals surface area contributed by atoms with Crippen LogP contribution < -0.4 is 10.1 Å².